The number of amides is 1. The largest absolute Gasteiger partial charge is 0.478 e. The second-order valence-electron chi connectivity index (χ2n) is 2.95. The Bertz CT molecular complexity index is 423. The first-order valence-corrected chi connectivity index (χ1v) is 6.14. The lowest BCUT2D eigenvalue weighted by atomic mass is 10.2. The predicted octanol–water partition coefficient (Wildman–Crippen LogP) is 2.34. The number of hydrogen-bond acceptors (Lipinski definition) is 3. The van der Waals surface area contributed by atoms with E-state index in [0.717, 1.165) is 0 Å². The number of anilines is 1. The van der Waals surface area contributed by atoms with Gasteiger partial charge in [-0.05, 0) is 18.4 Å². The van der Waals surface area contributed by atoms with Crippen LogP contribution >= 0.6 is 23.4 Å². The SMILES string of the molecule is CSCC(=O)Nc1cccc(Cl)c1C(=O)O. The molecule has 16 heavy (non-hydrogen) atoms. The van der Waals surface area contributed by atoms with Crippen LogP contribution in [0.5, 0.6) is 0 Å². The maximum Gasteiger partial charge on any atom is 0.339 e. The molecule has 0 atom stereocenters. The molecule has 1 aromatic rings. The zero-order chi connectivity index (χ0) is 12.1. The first kappa shape index (κ1) is 12.9. The number of aromatic carboxylic acids is 1. The number of carboxylic acid groups (broad SMARTS) is 1. The Morgan fingerprint density at radius 1 is 1.50 bits per heavy atom. The van der Waals surface area contributed by atoms with Crippen molar-refractivity contribution in [1.82, 2.24) is 0 Å². The molecule has 0 spiro atoms. The number of carbonyl (C=O) groups excluding carboxylic acids is 1. The fraction of sp³-hybridized carbons (Fsp3) is 0.200. The molecular formula is C10H10ClNO3S. The lowest BCUT2D eigenvalue weighted by molar-refractivity contribution is -0.113. The third-order valence-electron chi connectivity index (χ3n) is 1.78. The summed E-state index contributed by atoms with van der Waals surface area (Å²) in [7, 11) is 0. The van der Waals surface area contributed by atoms with Crippen molar-refractivity contribution in [1.29, 1.82) is 0 Å². The van der Waals surface area contributed by atoms with E-state index in [0.29, 0.717) is 0 Å². The Hall–Kier alpha value is -1.20. The zero-order valence-corrected chi connectivity index (χ0v) is 10.1. The van der Waals surface area contributed by atoms with Gasteiger partial charge < -0.3 is 10.4 Å². The van der Waals surface area contributed by atoms with E-state index in [9.17, 15) is 9.59 Å². The van der Waals surface area contributed by atoms with E-state index in [4.69, 9.17) is 16.7 Å². The monoisotopic (exact) mass is 259 g/mol. The van der Waals surface area contributed by atoms with E-state index in [1.165, 1.54) is 23.9 Å². The molecule has 0 fully saturated rings. The van der Waals surface area contributed by atoms with Gasteiger partial charge in [0.05, 0.1) is 16.5 Å². The second kappa shape index (κ2) is 5.77. The molecule has 0 aliphatic carbocycles. The summed E-state index contributed by atoms with van der Waals surface area (Å²) in [6.07, 6.45) is 1.79. The van der Waals surface area contributed by atoms with Crippen LogP contribution in [0.25, 0.3) is 0 Å². The maximum atomic E-state index is 11.3. The number of carboxylic acids is 1. The molecule has 6 heteroatoms. The summed E-state index contributed by atoms with van der Waals surface area (Å²) in [4.78, 5) is 22.3. The van der Waals surface area contributed by atoms with Gasteiger partial charge >= 0.3 is 5.97 Å². The fourth-order valence-corrected chi connectivity index (χ4v) is 1.75. The minimum atomic E-state index is -1.16. The van der Waals surface area contributed by atoms with Crippen molar-refractivity contribution in [3.8, 4) is 0 Å². The molecule has 0 radical (unpaired) electrons. The molecule has 1 amide bonds. The highest BCUT2D eigenvalue weighted by molar-refractivity contribution is 7.99. The van der Waals surface area contributed by atoms with Crippen LogP contribution in [0, 0.1) is 0 Å². The first-order chi connectivity index (χ1) is 7.56. The van der Waals surface area contributed by atoms with Crippen LogP contribution in [0.1, 0.15) is 10.4 Å². The minimum absolute atomic E-state index is 0.0846. The van der Waals surface area contributed by atoms with E-state index in [2.05, 4.69) is 5.32 Å². The van der Waals surface area contributed by atoms with Gasteiger partial charge in [0.25, 0.3) is 0 Å². The summed E-state index contributed by atoms with van der Waals surface area (Å²) in [5.74, 6) is -1.15. The van der Waals surface area contributed by atoms with Crippen LogP contribution in [0.3, 0.4) is 0 Å². The number of thioether (sulfide) groups is 1. The van der Waals surface area contributed by atoms with Gasteiger partial charge in [-0.1, -0.05) is 17.7 Å². The topological polar surface area (TPSA) is 66.4 Å². The highest BCUT2D eigenvalue weighted by atomic mass is 35.5. The Kier molecular flexibility index (Phi) is 4.64. The van der Waals surface area contributed by atoms with Gasteiger partial charge in [-0.25, -0.2) is 4.79 Å². The molecule has 0 heterocycles. The molecule has 0 aliphatic heterocycles. The summed E-state index contributed by atoms with van der Waals surface area (Å²) >= 11 is 7.10. The van der Waals surface area contributed by atoms with Crippen molar-refractivity contribution in [2.75, 3.05) is 17.3 Å². The summed E-state index contributed by atoms with van der Waals surface area (Å²) in [6.45, 7) is 0. The number of halogens is 1. The molecule has 0 saturated carbocycles. The highest BCUT2D eigenvalue weighted by Gasteiger charge is 2.15. The molecular weight excluding hydrogens is 250 g/mol. The van der Waals surface area contributed by atoms with Gasteiger partial charge in [0.2, 0.25) is 5.91 Å². The number of nitrogens with one attached hydrogen (secondary N) is 1. The molecule has 4 nitrogen and oxygen atoms in total. The number of rotatable bonds is 4. The molecule has 0 unspecified atom stereocenters. The lowest BCUT2D eigenvalue weighted by Crippen LogP contribution is -2.16. The van der Waals surface area contributed by atoms with Crippen molar-refractivity contribution >= 4 is 40.9 Å². The molecule has 2 N–H and O–H groups in total. The van der Waals surface area contributed by atoms with E-state index in [-0.39, 0.29) is 27.9 Å². The Balaban J connectivity index is 3.00. The van der Waals surface area contributed by atoms with Gasteiger partial charge in [-0.15, -0.1) is 0 Å². The highest BCUT2D eigenvalue weighted by Crippen LogP contribution is 2.24. The zero-order valence-electron chi connectivity index (χ0n) is 8.49. The van der Waals surface area contributed by atoms with Gasteiger partial charge in [-0.3, -0.25) is 4.79 Å². The summed E-state index contributed by atoms with van der Waals surface area (Å²) in [6, 6.07) is 4.56. The summed E-state index contributed by atoms with van der Waals surface area (Å²) < 4.78 is 0. The number of hydrogen-bond donors (Lipinski definition) is 2. The van der Waals surface area contributed by atoms with Crippen LogP contribution in [0.4, 0.5) is 5.69 Å². The Morgan fingerprint density at radius 2 is 2.19 bits per heavy atom. The average molecular weight is 260 g/mol. The van der Waals surface area contributed by atoms with Crippen LogP contribution in [0.15, 0.2) is 18.2 Å². The normalized spacial score (nSPS) is 9.88. The number of carbonyl (C=O) groups is 2. The van der Waals surface area contributed by atoms with Crippen molar-refractivity contribution in [3.05, 3.63) is 28.8 Å². The van der Waals surface area contributed by atoms with Gasteiger partial charge in [0.1, 0.15) is 5.56 Å². The van der Waals surface area contributed by atoms with Crippen LogP contribution in [-0.4, -0.2) is 29.0 Å². The third-order valence-corrected chi connectivity index (χ3v) is 2.64. The van der Waals surface area contributed by atoms with E-state index in [1.54, 1.807) is 12.3 Å². The molecule has 1 rings (SSSR count). The maximum absolute atomic E-state index is 11.3. The Labute approximate surface area is 102 Å². The molecule has 86 valence electrons. The van der Waals surface area contributed by atoms with Gasteiger partial charge in [-0.2, -0.15) is 11.8 Å². The quantitative estimate of drug-likeness (QED) is 0.871. The first-order valence-electron chi connectivity index (χ1n) is 4.37. The van der Waals surface area contributed by atoms with Crippen LogP contribution < -0.4 is 5.32 Å². The third kappa shape index (κ3) is 3.15. The molecule has 1 aromatic carbocycles. The smallest absolute Gasteiger partial charge is 0.339 e. The van der Waals surface area contributed by atoms with Crippen molar-refractivity contribution in [2.24, 2.45) is 0 Å². The van der Waals surface area contributed by atoms with Crippen molar-refractivity contribution < 1.29 is 14.7 Å². The standard InChI is InChI=1S/C10H10ClNO3S/c1-16-5-8(13)12-7-4-2-3-6(11)9(7)10(14)15/h2-4H,5H2,1H3,(H,12,13)(H,14,15). The summed E-state index contributed by atoms with van der Waals surface area (Å²) in [5.41, 5.74) is 0.137. The van der Waals surface area contributed by atoms with Crippen molar-refractivity contribution in [3.63, 3.8) is 0 Å². The summed E-state index contributed by atoms with van der Waals surface area (Å²) in [5, 5.41) is 11.6. The molecule has 0 bridgehead atoms. The van der Waals surface area contributed by atoms with Crippen molar-refractivity contribution in [2.45, 2.75) is 0 Å². The second-order valence-corrected chi connectivity index (χ2v) is 4.22. The van der Waals surface area contributed by atoms with Gasteiger partial charge in [0.15, 0.2) is 0 Å². The van der Waals surface area contributed by atoms with Gasteiger partial charge in [0, 0.05) is 0 Å². The Morgan fingerprint density at radius 3 is 2.75 bits per heavy atom. The van der Waals surface area contributed by atoms with Crippen LogP contribution in [0.2, 0.25) is 5.02 Å². The molecule has 0 aromatic heterocycles. The number of benzene rings is 1. The van der Waals surface area contributed by atoms with E-state index in [1.807, 2.05) is 0 Å². The predicted molar refractivity (Wildman–Crippen MR) is 65.4 cm³/mol. The van der Waals surface area contributed by atoms with E-state index < -0.39 is 5.97 Å². The minimum Gasteiger partial charge on any atom is -0.478 e. The molecule has 0 saturated heterocycles. The van der Waals surface area contributed by atoms with E-state index >= 15 is 0 Å². The lowest BCUT2D eigenvalue weighted by Gasteiger charge is -2.08. The molecule has 0 aliphatic rings. The fourth-order valence-electron chi connectivity index (χ4n) is 1.16. The average Bonchev–Trinajstić information content (AvgIpc) is 2.17. The van der Waals surface area contributed by atoms with Crippen LogP contribution in [-0.2, 0) is 4.79 Å².